The number of rotatable bonds is 7. The van der Waals surface area contributed by atoms with Crippen LogP contribution in [0.3, 0.4) is 0 Å². The predicted octanol–water partition coefficient (Wildman–Crippen LogP) is 4.85. The lowest BCUT2D eigenvalue weighted by molar-refractivity contribution is 0.370. The van der Waals surface area contributed by atoms with E-state index in [1.807, 2.05) is 6.07 Å². The Morgan fingerprint density at radius 2 is 1.92 bits per heavy atom. The third-order valence-electron chi connectivity index (χ3n) is 6.44. The van der Waals surface area contributed by atoms with Gasteiger partial charge in [0.05, 0.1) is 23.2 Å². The summed E-state index contributed by atoms with van der Waals surface area (Å²) in [6.45, 7) is 3.55. The Hall–Kier alpha value is -3.63. The first-order chi connectivity index (χ1) is 17.8. The van der Waals surface area contributed by atoms with Crippen molar-refractivity contribution in [2.75, 3.05) is 24.1 Å². The Morgan fingerprint density at radius 3 is 2.68 bits per heavy atom. The van der Waals surface area contributed by atoms with Crippen LogP contribution in [-0.4, -0.2) is 42.7 Å². The molecule has 0 amide bonds. The molecule has 0 radical (unpaired) electrons. The number of fused-ring (bicyclic) bond motifs is 1. The van der Waals surface area contributed by atoms with Crippen LogP contribution in [0.2, 0.25) is 0 Å². The van der Waals surface area contributed by atoms with Gasteiger partial charge < -0.3 is 10.1 Å². The Balaban J connectivity index is 1.54. The monoisotopic (exact) mass is 521 g/mol. The standard InChI is InChI=1S/C27H28FN5O3S/c1-17-24(28)25(33-37(2,34)35)19-8-3-4-9-20(19)26(17)36-27-21(10-6-13-31-27)22-11-14-30-23(32-22)15-18-7-5-12-29-16-18/h3-4,6,8-11,13-14,18,29,33H,5,7,12,15-16H2,1-2H3/t18-/m1/s1. The van der Waals surface area contributed by atoms with Gasteiger partial charge in [-0.25, -0.2) is 27.8 Å². The van der Waals surface area contributed by atoms with Crippen molar-refractivity contribution < 1.29 is 17.5 Å². The number of nitrogens with one attached hydrogen (secondary N) is 2. The van der Waals surface area contributed by atoms with Gasteiger partial charge in [0.15, 0.2) is 5.82 Å². The van der Waals surface area contributed by atoms with Crippen LogP contribution in [0.4, 0.5) is 10.1 Å². The predicted molar refractivity (Wildman–Crippen MR) is 142 cm³/mol. The Labute approximate surface area is 215 Å². The van der Waals surface area contributed by atoms with E-state index in [1.165, 1.54) is 0 Å². The number of pyridine rings is 1. The summed E-state index contributed by atoms with van der Waals surface area (Å²) in [5.41, 5.74) is 1.36. The molecular formula is C27H28FN5O3S. The van der Waals surface area contributed by atoms with E-state index in [0.717, 1.165) is 44.4 Å². The summed E-state index contributed by atoms with van der Waals surface area (Å²) < 4.78 is 47.9. The van der Waals surface area contributed by atoms with Crippen molar-refractivity contribution in [2.24, 2.45) is 5.92 Å². The smallest absolute Gasteiger partial charge is 0.229 e. The van der Waals surface area contributed by atoms with E-state index in [1.54, 1.807) is 55.7 Å². The molecule has 2 aromatic heterocycles. The molecule has 1 fully saturated rings. The Kier molecular flexibility index (Phi) is 7.03. The maximum Gasteiger partial charge on any atom is 0.229 e. The molecular weight excluding hydrogens is 493 g/mol. The second-order valence-corrected chi connectivity index (χ2v) is 11.0. The summed E-state index contributed by atoms with van der Waals surface area (Å²) in [7, 11) is -3.70. The molecule has 5 rings (SSSR count). The second-order valence-electron chi connectivity index (χ2n) is 9.30. The third kappa shape index (κ3) is 5.55. The number of sulfonamides is 1. The van der Waals surface area contributed by atoms with Crippen LogP contribution in [0.1, 0.15) is 24.2 Å². The highest BCUT2D eigenvalue weighted by Gasteiger charge is 2.22. The highest BCUT2D eigenvalue weighted by molar-refractivity contribution is 7.92. The molecule has 0 unspecified atom stereocenters. The summed E-state index contributed by atoms with van der Waals surface area (Å²) in [5, 5.41) is 4.36. The van der Waals surface area contributed by atoms with Gasteiger partial charge in [-0.2, -0.15) is 0 Å². The highest BCUT2D eigenvalue weighted by atomic mass is 32.2. The molecule has 4 aromatic rings. The Bertz CT molecular complexity index is 1560. The molecule has 10 heteroatoms. The molecule has 37 heavy (non-hydrogen) atoms. The lowest BCUT2D eigenvalue weighted by Crippen LogP contribution is -2.31. The van der Waals surface area contributed by atoms with Crippen LogP contribution in [0.25, 0.3) is 22.0 Å². The average Bonchev–Trinajstić information content (AvgIpc) is 2.89. The average molecular weight is 522 g/mol. The lowest BCUT2D eigenvalue weighted by Gasteiger charge is -2.22. The lowest BCUT2D eigenvalue weighted by atomic mass is 9.96. The highest BCUT2D eigenvalue weighted by Crippen LogP contribution is 2.41. The fourth-order valence-electron chi connectivity index (χ4n) is 4.69. The zero-order valence-electron chi connectivity index (χ0n) is 20.7. The van der Waals surface area contributed by atoms with Crippen molar-refractivity contribution in [1.82, 2.24) is 20.3 Å². The van der Waals surface area contributed by atoms with Gasteiger partial charge >= 0.3 is 0 Å². The van der Waals surface area contributed by atoms with Gasteiger partial charge in [0, 0.05) is 35.2 Å². The molecule has 1 aliphatic heterocycles. The van der Waals surface area contributed by atoms with Crippen molar-refractivity contribution in [1.29, 1.82) is 0 Å². The van der Waals surface area contributed by atoms with Crippen LogP contribution in [0, 0.1) is 18.7 Å². The minimum absolute atomic E-state index is 0.109. The van der Waals surface area contributed by atoms with Gasteiger partial charge in [0.25, 0.3) is 0 Å². The van der Waals surface area contributed by atoms with Gasteiger partial charge in [-0.1, -0.05) is 24.3 Å². The number of piperidine rings is 1. The molecule has 0 aliphatic carbocycles. The first-order valence-corrected chi connectivity index (χ1v) is 14.0. The van der Waals surface area contributed by atoms with Crippen LogP contribution in [-0.2, 0) is 16.4 Å². The van der Waals surface area contributed by atoms with Crippen molar-refractivity contribution in [2.45, 2.75) is 26.2 Å². The summed E-state index contributed by atoms with van der Waals surface area (Å²) in [5.74, 6) is 1.06. The van der Waals surface area contributed by atoms with Crippen LogP contribution >= 0.6 is 0 Å². The first-order valence-electron chi connectivity index (χ1n) is 12.1. The summed E-state index contributed by atoms with van der Waals surface area (Å²) in [4.78, 5) is 13.7. The molecule has 192 valence electrons. The Morgan fingerprint density at radius 1 is 1.11 bits per heavy atom. The molecule has 1 aliphatic rings. The number of benzene rings is 2. The number of anilines is 1. The molecule has 0 bridgehead atoms. The van der Waals surface area contributed by atoms with Gasteiger partial charge in [0.1, 0.15) is 11.6 Å². The fourth-order valence-corrected chi connectivity index (χ4v) is 5.26. The number of nitrogens with zero attached hydrogens (tertiary/aromatic N) is 3. The maximum absolute atomic E-state index is 15.5. The van der Waals surface area contributed by atoms with Gasteiger partial charge in [0.2, 0.25) is 15.9 Å². The van der Waals surface area contributed by atoms with E-state index in [0.29, 0.717) is 27.9 Å². The van der Waals surface area contributed by atoms with E-state index in [9.17, 15) is 8.42 Å². The molecule has 1 atom stereocenters. The minimum atomic E-state index is -3.70. The number of hydrogen-bond donors (Lipinski definition) is 2. The van der Waals surface area contributed by atoms with Crippen molar-refractivity contribution in [3.63, 3.8) is 0 Å². The molecule has 2 N–H and O–H groups in total. The van der Waals surface area contributed by atoms with Crippen LogP contribution < -0.4 is 14.8 Å². The first kappa shape index (κ1) is 25.0. The van der Waals surface area contributed by atoms with E-state index in [4.69, 9.17) is 9.72 Å². The molecule has 0 saturated carbocycles. The van der Waals surface area contributed by atoms with Crippen molar-refractivity contribution >= 4 is 26.5 Å². The number of halogens is 1. The molecule has 8 nitrogen and oxygen atoms in total. The minimum Gasteiger partial charge on any atom is -0.437 e. The number of aromatic nitrogens is 3. The SMILES string of the molecule is Cc1c(F)c(NS(C)(=O)=O)c2ccccc2c1Oc1ncccc1-c1ccnc(C[C@H]2CCCNC2)n1. The van der Waals surface area contributed by atoms with Crippen LogP contribution in [0.5, 0.6) is 11.6 Å². The summed E-state index contributed by atoms with van der Waals surface area (Å²) in [6.07, 6.45) is 7.39. The van der Waals surface area contributed by atoms with E-state index in [2.05, 4.69) is 20.0 Å². The van der Waals surface area contributed by atoms with Crippen LogP contribution in [0.15, 0.2) is 54.9 Å². The number of ether oxygens (including phenoxy) is 1. The molecule has 2 aromatic carbocycles. The fraction of sp³-hybridized carbons (Fsp3) is 0.296. The quantitative estimate of drug-likeness (QED) is 0.358. The number of hydrogen-bond acceptors (Lipinski definition) is 7. The largest absolute Gasteiger partial charge is 0.437 e. The third-order valence-corrected chi connectivity index (χ3v) is 7.01. The van der Waals surface area contributed by atoms with E-state index in [-0.39, 0.29) is 22.9 Å². The van der Waals surface area contributed by atoms with Crippen molar-refractivity contribution in [3.05, 3.63) is 72.1 Å². The van der Waals surface area contributed by atoms with E-state index < -0.39 is 15.8 Å². The van der Waals surface area contributed by atoms with Gasteiger partial charge in [-0.05, 0) is 57.0 Å². The normalized spacial score (nSPS) is 16.0. The molecule has 3 heterocycles. The van der Waals surface area contributed by atoms with E-state index >= 15 is 4.39 Å². The summed E-state index contributed by atoms with van der Waals surface area (Å²) >= 11 is 0. The van der Waals surface area contributed by atoms with Crippen molar-refractivity contribution in [3.8, 4) is 22.9 Å². The summed E-state index contributed by atoms with van der Waals surface area (Å²) in [6, 6.07) is 12.3. The maximum atomic E-state index is 15.5. The topological polar surface area (TPSA) is 106 Å². The zero-order valence-corrected chi connectivity index (χ0v) is 21.5. The van der Waals surface area contributed by atoms with Gasteiger partial charge in [-0.15, -0.1) is 0 Å². The molecule has 0 spiro atoms. The second kappa shape index (κ2) is 10.4. The van der Waals surface area contributed by atoms with Gasteiger partial charge in [-0.3, -0.25) is 4.72 Å². The molecule has 1 saturated heterocycles. The zero-order chi connectivity index (χ0) is 26.0.